The average molecular weight is 364 g/mol. The summed E-state index contributed by atoms with van der Waals surface area (Å²) in [6, 6.07) is 4.63. The fourth-order valence-corrected chi connectivity index (χ4v) is 2.52. The Labute approximate surface area is 150 Å². The minimum Gasteiger partial charge on any atom is -0.478 e. The summed E-state index contributed by atoms with van der Waals surface area (Å²) in [7, 11) is 2.35. The fourth-order valence-electron chi connectivity index (χ4n) is 2.52. The van der Waals surface area contributed by atoms with E-state index in [-0.39, 0.29) is 11.3 Å². The van der Waals surface area contributed by atoms with E-state index in [0.29, 0.717) is 37.7 Å². The van der Waals surface area contributed by atoms with Crippen LogP contribution in [0.2, 0.25) is 0 Å². The number of nitrogens with zero attached hydrogens (tertiary/aromatic N) is 1. The van der Waals surface area contributed by atoms with Gasteiger partial charge in [-0.1, -0.05) is 6.07 Å². The van der Waals surface area contributed by atoms with Crippen molar-refractivity contribution in [2.24, 2.45) is 0 Å². The summed E-state index contributed by atoms with van der Waals surface area (Å²) >= 11 is 0. The number of esters is 2. The van der Waals surface area contributed by atoms with Crippen LogP contribution in [0.4, 0.5) is 11.4 Å². The molecule has 1 aromatic rings. The number of nitrogens with one attached hydrogen (secondary N) is 1. The van der Waals surface area contributed by atoms with E-state index in [1.165, 1.54) is 20.3 Å². The first-order valence-electron chi connectivity index (χ1n) is 7.82. The molecule has 1 fully saturated rings. The number of anilines is 2. The molecule has 0 radical (unpaired) electrons. The van der Waals surface area contributed by atoms with Crippen LogP contribution in [0.25, 0.3) is 0 Å². The molecule has 0 spiro atoms. The Morgan fingerprint density at radius 2 is 1.88 bits per heavy atom. The highest BCUT2D eigenvalue weighted by molar-refractivity contribution is 6.02. The highest BCUT2D eigenvalue weighted by Gasteiger charge is 2.23. The average Bonchev–Trinajstić information content (AvgIpc) is 2.67. The number of morpholine rings is 1. The standard InChI is InChI=1S/C17H20N2O7/c1-24-14(20)10-13(17(23)25-2)18-12-5-3-4-11(16(21)22)15(12)19-6-8-26-9-7-19/h3-5,10,18H,6-9H2,1-2H3,(H,21,22)/b13-10+. The fraction of sp³-hybridized carbons (Fsp3) is 0.353. The molecule has 0 aliphatic carbocycles. The van der Waals surface area contributed by atoms with E-state index < -0.39 is 17.9 Å². The molecule has 2 rings (SSSR count). The number of carbonyl (C=O) groups excluding carboxylic acids is 2. The molecule has 140 valence electrons. The molecule has 0 unspecified atom stereocenters. The van der Waals surface area contributed by atoms with E-state index >= 15 is 0 Å². The number of rotatable bonds is 6. The Balaban J connectivity index is 2.48. The summed E-state index contributed by atoms with van der Waals surface area (Å²) in [6.45, 7) is 1.89. The second kappa shape index (κ2) is 8.86. The largest absolute Gasteiger partial charge is 0.478 e. The van der Waals surface area contributed by atoms with Crippen LogP contribution in [0.3, 0.4) is 0 Å². The van der Waals surface area contributed by atoms with Crippen LogP contribution in [-0.4, -0.2) is 63.5 Å². The van der Waals surface area contributed by atoms with Crippen molar-refractivity contribution in [2.45, 2.75) is 0 Å². The number of carboxylic acid groups (broad SMARTS) is 1. The Hall–Kier alpha value is -3.07. The summed E-state index contributed by atoms with van der Waals surface area (Å²) in [6.07, 6.45) is 0.947. The van der Waals surface area contributed by atoms with Crippen LogP contribution in [0, 0.1) is 0 Å². The van der Waals surface area contributed by atoms with Gasteiger partial charge in [0.25, 0.3) is 0 Å². The zero-order valence-corrected chi connectivity index (χ0v) is 14.5. The maximum absolute atomic E-state index is 12.0. The first-order chi connectivity index (χ1) is 12.5. The molecule has 26 heavy (non-hydrogen) atoms. The molecular weight excluding hydrogens is 344 g/mol. The highest BCUT2D eigenvalue weighted by atomic mass is 16.5. The van der Waals surface area contributed by atoms with Crippen molar-refractivity contribution >= 4 is 29.3 Å². The van der Waals surface area contributed by atoms with Crippen molar-refractivity contribution in [3.05, 3.63) is 35.5 Å². The molecule has 9 nitrogen and oxygen atoms in total. The molecule has 2 N–H and O–H groups in total. The zero-order valence-electron chi connectivity index (χ0n) is 14.5. The molecule has 1 heterocycles. The smallest absolute Gasteiger partial charge is 0.354 e. The number of aromatic carboxylic acids is 1. The molecule has 0 saturated carbocycles. The maximum Gasteiger partial charge on any atom is 0.354 e. The van der Waals surface area contributed by atoms with Crippen LogP contribution in [0.5, 0.6) is 0 Å². The second-order valence-electron chi connectivity index (χ2n) is 5.30. The van der Waals surface area contributed by atoms with E-state index in [0.717, 1.165) is 6.08 Å². The number of ether oxygens (including phenoxy) is 3. The normalized spacial score (nSPS) is 14.5. The Bertz CT molecular complexity index is 724. The van der Waals surface area contributed by atoms with Crippen molar-refractivity contribution in [3.8, 4) is 0 Å². The van der Waals surface area contributed by atoms with Gasteiger partial charge in [0.2, 0.25) is 0 Å². The van der Waals surface area contributed by atoms with Gasteiger partial charge in [-0.3, -0.25) is 0 Å². The maximum atomic E-state index is 12.0. The lowest BCUT2D eigenvalue weighted by atomic mass is 10.1. The predicted molar refractivity (Wildman–Crippen MR) is 92.2 cm³/mol. The molecule has 0 atom stereocenters. The van der Waals surface area contributed by atoms with E-state index in [9.17, 15) is 19.5 Å². The molecule has 0 amide bonds. The van der Waals surface area contributed by atoms with Gasteiger partial charge in [-0.2, -0.15) is 0 Å². The number of para-hydroxylation sites is 1. The summed E-state index contributed by atoms with van der Waals surface area (Å²) in [4.78, 5) is 37.0. The summed E-state index contributed by atoms with van der Waals surface area (Å²) in [5, 5.41) is 12.3. The van der Waals surface area contributed by atoms with E-state index in [1.54, 1.807) is 12.1 Å². The second-order valence-corrected chi connectivity index (χ2v) is 5.30. The molecule has 0 bridgehead atoms. The van der Waals surface area contributed by atoms with Gasteiger partial charge in [-0.15, -0.1) is 0 Å². The monoisotopic (exact) mass is 364 g/mol. The number of benzene rings is 1. The van der Waals surface area contributed by atoms with Crippen LogP contribution in [0.15, 0.2) is 30.0 Å². The van der Waals surface area contributed by atoms with Crippen molar-refractivity contribution < 1.29 is 33.7 Å². The third-order valence-corrected chi connectivity index (χ3v) is 3.73. The van der Waals surface area contributed by atoms with Gasteiger partial charge in [-0.25, -0.2) is 14.4 Å². The van der Waals surface area contributed by atoms with Gasteiger partial charge in [0.05, 0.1) is 50.4 Å². The predicted octanol–water partition coefficient (Wildman–Crippen LogP) is 0.863. The van der Waals surface area contributed by atoms with Crippen LogP contribution in [0.1, 0.15) is 10.4 Å². The number of carboxylic acids is 1. The molecule has 0 aromatic heterocycles. The molecule has 1 aliphatic rings. The third kappa shape index (κ3) is 4.51. The first-order valence-corrected chi connectivity index (χ1v) is 7.82. The number of hydrogen-bond acceptors (Lipinski definition) is 8. The van der Waals surface area contributed by atoms with E-state index in [4.69, 9.17) is 4.74 Å². The minimum absolute atomic E-state index is 0.0687. The SMILES string of the molecule is COC(=O)/C=C(/Nc1cccc(C(=O)O)c1N1CCOCC1)C(=O)OC. The number of carbonyl (C=O) groups is 3. The van der Waals surface area contributed by atoms with Gasteiger partial charge in [0.15, 0.2) is 0 Å². The van der Waals surface area contributed by atoms with Crippen molar-refractivity contribution in [1.82, 2.24) is 0 Å². The Kier molecular flexibility index (Phi) is 6.56. The summed E-state index contributed by atoms with van der Waals surface area (Å²) in [5.74, 6) is -2.64. The Morgan fingerprint density at radius 3 is 2.46 bits per heavy atom. The lowest BCUT2D eigenvalue weighted by Gasteiger charge is -2.31. The first kappa shape index (κ1) is 19.3. The van der Waals surface area contributed by atoms with Gasteiger partial charge < -0.3 is 29.5 Å². The molecule has 9 heteroatoms. The van der Waals surface area contributed by atoms with Gasteiger partial charge in [0.1, 0.15) is 5.70 Å². The molecule has 1 aliphatic heterocycles. The van der Waals surface area contributed by atoms with Gasteiger partial charge in [-0.05, 0) is 12.1 Å². The molecule has 1 saturated heterocycles. The summed E-state index contributed by atoms with van der Waals surface area (Å²) < 4.78 is 14.5. The van der Waals surface area contributed by atoms with E-state index in [2.05, 4.69) is 14.8 Å². The molecule has 1 aromatic carbocycles. The number of methoxy groups -OCH3 is 2. The highest BCUT2D eigenvalue weighted by Crippen LogP contribution is 2.32. The summed E-state index contributed by atoms with van der Waals surface area (Å²) in [5.41, 5.74) is 0.658. The van der Waals surface area contributed by atoms with Gasteiger partial charge in [0, 0.05) is 13.1 Å². The van der Waals surface area contributed by atoms with Crippen molar-refractivity contribution in [1.29, 1.82) is 0 Å². The Morgan fingerprint density at radius 1 is 1.19 bits per heavy atom. The van der Waals surface area contributed by atoms with Crippen LogP contribution >= 0.6 is 0 Å². The number of hydrogen-bond donors (Lipinski definition) is 2. The van der Waals surface area contributed by atoms with Crippen LogP contribution < -0.4 is 10.2 Å². The molecular formula is C17H20N2O7. The topological polar surface area (TPSA) is 114 Å². The zero-order chi connectivity index (χ0) is 19.1. The van der Waals surface area contributed by atoms with Crippen molar-refractivity contribution in [2.75, 3.05) is 50.7 Å². The lowest BCUT2D eigenvalue weighted by Crippen LogP contribution is -2.37. The minimum atomic E-state index is -1.10. The van der Waals surface area contributed by atoms with E-state index in [1.807, 2.05) is 4.90 Å². The van der Waals surface area contributed by atoms with Gasteiger partial charge >= 0.3 is 17.9 Å². The van der Waals surface area contributed by atoms with Crippen LogP contribution in [-0.2, 0) is 23.8 Å². The van der Waals surface area contributed by atoms with Crippen molar-refractivity contribution in [3.63, 3.8) is 0 Å². The third-order valence-electron chi connectivity index (χ3n) is 3.73. The quantitative estimate of drug-likeness (QED) is 0.560. The lowest BCUT2D eigenvalue weighted by molar-refractivity contribution is -0.138.